The summed E-state index contributed by atoms with van der Waals surface area (Å²) in [6.45, 7) is 11.8. The van der Waals surface area contributed by atoms with Gasteiger partial charge in [-0.25, -0.2) is 0 Å². The highest BCUT2D eigenvalue weighted by atomic mass is 127. The predicted octanol–water partition coefficient (Wildman–Crippen LogP) is 2.82. The normalized spacial score (nSPS) is 23.1. The molecule has 0 aliphatic carbocycles. The van der Waals surface area contributed by atoms with E-state index in [2.05, 4.69) is 41.1 Å². The average Bonchev–Trinajstić information content (AvgIpc) is 3.33. The van der Waals surface area contributed by atoms with Gasteiger partial charge in [-0.3, -0.25) is 4.99 Å². The largest absolute Gasteiger partial charge is 0.381 e. The van der Waals surface area contributed by atoms with Gasteiger partial charge in [-0.1, -0.05) is 19.0 Å². The summed E-state index contributed by atoms with van der Waals surface area (Å²) >= 11 is 0. The van der Waals surface area contributed by atoms with Gasteiger partial charge in [0.15, 0.2) is 11.8 Å². The third-order valence-corrected chi connectivity index (χ3v) is 5.07. The van der Waals surface area contributed by atoms with Gasteiger partial charge in [-0.15, -0.1) is 24.0 Å². The molecule has 2 fully saturated rings. The average molecular weight is 477 g/mol. The van der Waals surface area contributed by atoms with Crippen molar-refractivity contribution in [2.24, 2.45) is 10.4 Å². The molecule has 1 unspecified atom stereocenters. The number of hydrogen-bond acceptors (Lipinski definition) is 5. The molecule has 0 bridgehead atoms. The van der Waals surface area contributed by atoms with E-state index in [4.69, 9.17) is 14.3 Å². The van der Waals surface area contributed by atoms with Gasteiger partial charge in [0.05, 0.1) is 6.61 Å². The molecule has 1 spiro atoms. The number of guanidine groups is 1. The van der Waals surface area contributed by atoms with Gasteiger partial charge in [0.1, 0.15) is 0 Å². The van der Waals surface area contributed by atoms with Crippen LogP contribution in [-0.2, 0) is 11.2 Å². The van der Waals surface area contributed by atoms with E-state index in [1.54, 1.807) is 0 Å². The molecule has 26 heavy (non-hydrogen) atoms. The first-order chi connectivity index (χ1) is 12.1. The zero-order valence-electron chi connectivity index (χ0n) is 16.2. The van der Waals surface area contributed by atoms with Crippen LogP contribution in [0.25, 0.3) is 0 Å². The van der Waals surface area contributed by atoms with Crippen LogP contribution in [0.2, 0.25) is 0 Å². The van der Waals surface area contributed by atoms with Crippen molar-refractivity contribution in [2.45, 2.75) is 52.4 Å². The molecule has 0 aromatic carbocycles. The molecule has 148 valence electrons. The minimum Gasteiger partial charge on any atom is -0.381 e. The summed E-state index contributed by atoms with van der Waals surface area (Å²) in [5.41, 5.74) is 0.354. The van der Waals surface area contributed by atoms with Crippen LogP contribution in [0.3, 0.4) is 0 Å². The summed E-state index contributed by atoms with van der Waals surface area (Å²) in [6, 6.07) is 0. The molecule has 2 aliphatic heterocycles. The maximum absolute atomic E-state index is 5.63. The maximum Gasteiger partial charge on any atom is 0.226 e. The third kappa shape index (κ3) is 5.31. The van der Waals surface area contributed by atoms with Crippen molar-refractivity contribution in [1.29, 1.82) is 0 Å². The second kappa shape index (κ2) is 9.87. The fourth-order valence-electron chi connectivity index (χ4n) is 3.53. The van der Waals surface area contributed by atoms with Crippen molar-refractivity contribution in [2.75, 3.05) is 39.4 Å². The second-order valence-electron chi connectivity index (χ2n) is 7.51. The molecule has 1 aromatic heterocycles. The summed E-state index contributed by atoms with van der Waals surface area (Å²) in [4.78, 5) is 11.6. The lowest BCUT2D eigenvalue weighted by molar-refractivity contribution is 0.156. The number of aromatic nitrogens is 2. The van der Waals surface area contributed by atoms with Crippen LogP contribution < -0.4 is 5.32 Å². The summed E-state index contributed by atoms with van der Waals surface area (Å²) in [7, 11) is 0. The van der Waals surface area contributed by atoms with Crippen molar-refractivity contribution >= 4 is 29.9 Å². The number of likely N-dealkylation sites (tertiary alicyclic amines) is 1. The number of nitrogens with zero attached hydrogens (tertiary/aromatic N) is 4. The van der Waals surface area contributed by atoms with Gasteiger partial charge in [0.2, 0.25) is 5.89 Å². The number of aryl methyl sites for hydroxylation is 1. The van der Waals surface area contributed by atoms with E-state index in [1.807, 2.05) is 0 Å². The Morgan fingerprint density at radius 2 is 2.23 bits per heavy atom. The Labute approximate surface area is 173 Å². The lowest BCUT2D eigenvalue weighted by Gasteiger charge is -2.24. The SMILES string of the molecule is CCNC(=NCCCc1nc(C(C)C)no1)N1CCC2(CCOC2)C1.I. The van der Waals surface area contributed by atoms with Crippen LogP contribution in [0.1, 0.15) is 57.7 Å². The van der Waals surface area contributed by atoms with E-state index in [1.165, 1.54) is 12.8 Å². The molecule has 0 amide bonds. The third-order valence-electron chi connectivity index (χ3n) is 5.07. The molecule has 1 aromatic rings. The molecule has 0 radical (unpaired) electrons. The Balaban J connectivity index is 0.00000243. The van der Waals surface area contributed by atoms with Crippen molar-refractivity contribution in [3.63, 3.8) is 0 Å². The number of nitrogens with one attached hydrogen (secondary N) is 1. The zero-order chi connectivity index (χ0) is 17.7. The molecule has 1 N–H and O–H groups in total. The number of halogens is 1. The second-order valence-corrected chi connectivity index (χ2v) is 7.51. The van der Waals surface area contributed by atoms with E-state index in [9.17, 15) is 0 Å². The molecule has 1 atom stereocenters. The molecule has 3 heterocycles. The Kier molecular flexibility index (Phi) is 8.12. The van der Waals surface area contributed by atoms with Crippen LogP contribution in [0.15, 0.2) is 9.52 Å². The minimum absolute atomic E-state index is 0. The highest BCUT2D eigenvalue weighted by Crippen LogP contribution is 2.38. The molecular formula is C18H32IN5O2. The van der Waals surface area contributed by atoms with Crippen LogP contribution in [0, 0.1) is 5.41 Å². The van der Waals surface area contributed by atoms with Crippen molar-refractivity contribution < 1.29 is 9.26 Å². The number of aliphatic imine (C=N–C) groups is 1. The van der Waals surface area contributed by atoms with Gasteiger partial charge in [0.25, 0.3) is 0 Å². The Morgan fingerprint density at radius 3 is 2.88 bits per heavy atom. The van der Waals surface area contributed by atoms with E-state index < -0.39 is 0 Å². The Bertz CT molecular complexity index is 584. The van der Waals surface area contributed by atoms with Crippen molar-refractivity contribution in [3.05, 3.63) is 11.7 Å². The summed E-state index contributed by atoms with van der Waals surface area (Å²) in [5.74, 6) is 2.83. The lowest BCUT2D eigenvalue weighted by Crippen LogP contribution is -2.41. The van der Waals surface area contributed by atoms with Crippen LogP contribution in [0.4, 0.5) is 0 Å². The minimum atomic E-state index is 0. The topological polar surface area (TPSA) is 75.8 Å². The van der Waals surface area contributed by atoms with E-state index in [0.717, 1.165) is 64.0 Å². The Hall–Kier alpha value is -0.900. The zero-order valence-corrected chi connectivity index (χ0v) is 18.5. The van der Waals surface area contributed by atoms with Crippen LogP contribution >= 0.6 is 24.0 Å². The first-order valence-corrected chi connectivity index (χ1v) is 9.55. The molecule has 2 aliphatic rings. The first-order valence-electron chi connectivity index (χ1n) is 9.55. The van der Waals surface area contributed by atoms with E-state index in [-0.39, 0.29) is 24.0 Å². The molecule has 8 heteroatoms. The Morgan fingerprint density at radius 1 is 1.38 bits per heavy atom. The fourth-order valence-corrected chi connectivity index (χ4v) is 3.53. The number of rotatable bonds is 6. The molecule has 7 nitrogen and oxygen atoms in total. The van der Waals surface area contributed by atoms with Gasteiger partial charge in [-0.05, 0) is 26.2 Å². The molecule has 3 rings (SSSR count). The summed E-state index contributed by atoms with van der Waals surface area (Å²) in [5, 5.41) is 7.44. The highest BCUT2D eigenvalue weighted by molar-refractivity contribution is 14.0. The smallest absolute Gasteiger partial charge is 0.226 e. The van der Waals surface area contributed by atoms with Gasteiger partial charge >= 0.3 is 0 Å². The van der Waals surface area contributed by atoms with E-state index in [0.29, 0.717) is 17.2 Å². The fraction of sp³-hybridized carbons (Fsp3) is 0.833. The molecular weight excluding hydrogens is 445 g/mol. The lowest BCUT2D eigenvalue weighted by atomic mass is 9.87. The first kappa shape index (κ1) is 21.4. The molecule has 2 saturated heterocycles. The number of hydrogen-bond donors (Lipinski definition) is 1. The van der Waals surface area contributed by atoms with Gasteiger partial charge in [0, 0.05) is 50.5 Å². The highest BCUT2D eigenvalue weighted by Gasteiger charge is 2.42. The summed E-state index contributed by atoms with van der Waals surface area (Å²) < 4.78 is 10.9. The van der Waals surface area contributed by atoms with E-state index >= 15 is 0 Å². The standard InChI is InChI=1S/C18H31N5O2.HI/c1-4-19-17(23-10-7-18(12-23)8-11-24-13-18)20-9-5-6-15-21-16(14(2)3)22-25-15;/h14H,4-13H2,1-3H3,(H,19,20);1H. The van der Waals surface area contributed by atoms with Gasteiger partial charge in [-0.2, -0.15) is 4.98 Å². The van der Waals surface area contributed by atoms with Crippen LogP contribution in [-0.4, -0.2) is 60.4 Å². The van der Waals surface area contributed by atoms with Gasteiger partial charge < -0.3 is 19.5 Å². The maximum atomic E-state index is 5.63. The number of ether oxygens (including phenoxy) is 1. The van der Waals surface area contributed by atoms with Crippen molar-refractivity contribution in [1.82, 2.24) is 20.4 Å². The quantitative estimate of drug-likeness (QED) is 0.294. The van der Waals surface area contributed by atoms with Crippen molar-refractivity contribution in [3.8, 4) is 0 Å². The monoisotopic (exact) mass is 477 g/mol. The predicted molar refractivity (Wildman–Crippen MR) is 112 cm³/mol. The molecule has 0 saturated carbocycles. The van der Waals surface area contributed by atoms with Crippen LogP contribution in [0.5, 0.6) is 0 Å². The summed E-state index contributed by atoms with van der Waals surface area (Å²) in [6.07, 6.45) is 4.08.